The molecule has 0 atom stereocenters. The lowest BCUT2D eigenvalue weighted by atomic mass is 10.4. The van der Waals surface area contributed by atoms with Gasteiger partial charge in [0.05, 0.1) is 0 Å². The molecule has 0 aromatic carbocycles. The first-order chi connectivity index (χ1) is 3.43. The fraction of sp³-hybridized carbons (Fsp3) is 0.600. The van der Waals surface area contributed by atoms with E-state index in [9.17, 15) is 4.79 Å². The van der Waals surface area contributed by atoms with Gasteiger partial charge in [-0.1, -0.05) is 4.90 Å². The summed E-state index contributed by atoms with van der Waals surface area (Å²) in [6.45, 7) is 2.73. The molecule has 1 fully saturated rings. The second-order valence-corrected chi connectivity index (χ2v) is 1.61. The van der Waals surface area contributed by atoms with Crippen molar-refractivity contribution in [3.63, 3.8) is 0 Å². The Bertz CT molecular complexity index is 66.5. The van der Waals surface area contributed by atoms with Gasteiger partial charge in [0.25, 0.3) is 0 Å². The second kappa shape index (κ2) is 2.07. The Balaban J connectivity index is 2.26. The largest absolute Gasteiger partial charge is 0.495 e. The lowest BCUT2D eigenvalue weighted by molar-refractivity contribution is 0.519. The van der Waals surface area contributed by atoms with Crippen molar-refractivity contribution >= 4 is 6.41 Å². The van der Waals surface area contributed by atoms with Crippen LogP contribution in [-0.2, 0) is 4.79 Å². The molecule has 1 heterocycles. The van der Waals surface area contributed by atoms with Crippen LogP contribution < -0.4 is 4.90 Å². The van der Waals surface area contributed by atoms with E-state index in [1.165, 1.54) is 0 Å². The summed E-state index contributed by atoms with van der Waals surface area (Å²) >= 11 is 0. The zero-order valence-electron chi connectivity index (χ0n) is 4.05. The number of hydrogen-bond acceptors (Lipinski definition) is 1. The minimum absolute atomic E-state index is 0.865. The van der Waals surface area contributed by atoms with Gasteiger partial charge in [0.2, 0.25) is 0 Å². The molecular formula is C5H7NO+. The van der Waals surface area contributed by atoms with Crippen molar-refractivity contribution < 1.29 is 4.79 Å². The molecule has 3 radical (unpaired) electrons. The van der Waals surface area contributed by atoms with Gasteiger partial charge in [-0.2, -0.15) is 0 Å². The van der Waals surface area contributed by atoms with Gasteiger partial charge in [-0.15, -0.1) is 0 Å². The normalized spacial score (nSPS) is 22.9. The lowest BCUT2D eigenvalue weighted by Gasteiger charge is -1.81. The first-order valence-corrected chi connectivity index (χ1v) is 2.41. The van der Waals surface area contributed by atoms with Gasteiger partial charge in [0, 0.05) is 12.8 Å². The van der Waals surface area contributed by atoms with Crippen molar-refractivity contribution in [2.45, 2.75) is 12.8 Å². The van der Waals surface area contributed by atoms with Crippen molar-refractivity contribution in [1.82, 2.24) is 4.90 Å². The molecule has 37 valence electrons. The van der Waals surface area contributed by atoms with E-state index in [1.54, 1.807) is 11.3 Å². The molecule has 2 heteroatoms. The first-order valence-electron chi connectivity index (χ1n) is 2.41. The molecule has 7 heavy (non-hydrogen) atoms. The molecule has 1 rings (SSSR count). The van der Waals surface area contributed by atoms with E-state index >= 15 is 0 Å². The Morgan fingerprint density at radius 1 is 1.71 bits per heavy atom. The minimum atomic E-state index is 0.865. The molecule has 1 amide bonds. The van der Waals surface area contributed by atoms with Crippen LogP contribution in [0.3, 0.4) is 0 Å². The molecule has 1 aliphatic rings. The highest BCUT2D eigenvalue weighted by atomic mass is 16.1. The number of amides is 1. The molecule has 0 aliphatic carbocycles. The summed E-state index contributed by atoms with van der Waals surface area (Å²) in [5, 5.41) is 0. The maximum atomic E-state index is 9.78. The van der Waals surface area contributed by atoms with Gasteiger partial charge in [-0.05, 0) is 0 Å². The molecule has 1 saturated heterocycles. The SMILES string of the molecule is O=[C][N+]1[CH]CCC1. The van der Waals surface area contributed by atoms with Crippen LogP contribution in [0, 0.1) is 6.54 Å². The van der Waals surface area contributed by atoms with Crippen molar-refractivity contribution in [1.29, 1.82) is 0 Å². The predicted molar refractivity (Wildman–Crippen MR) is 26.2 cm³/mol. The van der Waals surface area contributed by atoms with Crippen LogP contribution in [-0.4, -0.2) is 13.0 Å². The third kappa shape index (κ3) is 0.996. The molecule has 0 N–H and O–H groups in total. The summed E-state index contributed by atoms with van der Waals surface area (Å²) in [4.78, 5) is 11.3. The van der Waals surface area contributed by atoms with E-state index in [0.29, 0.717) is 0 Å². The topological polar surface area (TPSA) is 23.0 Å². The Kier molecular flexibility index (Phi) is 1.42. The van der Waals surface area contributed by atoms with Crippen LogP contribution in [0.1, 0.15) is 12.8 Å². The fourth-order valence-electron chi connectivity index (χ4n) is 0.683. The minimum Gasteiger partial charge on any atom is -0.209 e. The van der Waals surface area contributed by atoms with Crippen LogP contribution in [0.15, 0.2) is 0 Å². The molecule has 0 unspecified atom stereocenters. The summed E-state index contributed by atoms with van der Waals surface area (Å²) in [6.07, 6.45) is 3.93. The molecule has 1 aliphatic heterocycles. The quantitative estimate of drug-likeness (QED) is 0.427. The molecule has 0 aromatic heterocycles. The number of hydrogen-bond donors (Lipinski definition) is 0. The average Bonchev–Trinajstić information content (AvgIpc) is 2.14. The van der Waals surface area contributed by atoms with Crippen LogP contribution in [0.25, 0.3) is 0 Å². The highest BCUT2D eigenvalue weighted by Crippen LogP contribution is 2.05. The standard InChI is InChI=1S/C5H7NO/c7-5-6-3-1-2-4-6/h3H,1-2,4H2/q+1. The molecular weight excluding hydrogens is 90.1 g/mol. The Morgan fingerprint density at radius 2 is 2.57 bits per heavy atom. The van der Waals surface area contributed by atoms with Gasteiger partial charge in [0.15, 0.2) is 6.54 Å². The van der Waals surface area contributed by atoms with Crippen LogP contribution in [0.2, 0.25) is 0 Å². The van der Waals surface area contributed by atoms with Crippen LogP contribution in [0.4, 0.5) is 0 Å². The van der Waals surface area contributed by atoms with Gasteiger partial charge in [0.1, 0.15) is 6.54 Å². The van der Waals surface area contributed by atoms with Crippen LogP contribution >= 0.6 is 0 Å². The molecule has 2 nitrogen and oxygen atoms in total. The number of rotatable bonds is 1. The Labute approximate surface area is 43.1 Å². The third-order valence-electron chi connectivity index (χ3n) is 1.07. The monoisotopic (exact) mass is 97.1 g/mol. The summed E-state index contributed by atoms with van der Waals surface area (Å²) in [5.41, 5.74) is 0. The summed E-state index contributed by atoms with van der Waals surface area (Å²) in [5.74, 6) is 0. The van der Waals surface area contributed by atoms with Crippen LogP contribution in [0.5, 0.6) is 0 Å². The first kappa shape index (κ1) is 4.78. The van der Waals surface area contributed by atoms with Crippen molar-refractivity contribution in [2.75, 3.05) is 6.54 Å². The number of carbonyl (C=O) groups excluding carboxylic acids is 1. The lowest BCUT2D eigenvalue weighted by Crippen LogP contribution is -2.19. The summed E-state index contributed by atoms with van der Waals surface area (Å²) in [6, 6.07) is 0. The maximum Gasteiger partial charge on any atom is 0.495 e. The molecule has 0 bridgehead atoms. The second-order valence-electron chi connectivity index (χ2n) is 1.61. The Hall–Kier alpha value is -0.370. The van der Waals surface area contributed by atoms with Gasteiger partial charge in [-0.25, -0.2) is 4.79 Å². The molecule has 0 saturated carbocycles. The highest BCUT2D eigenvalue weighted by molar-refractivity contribution is 5.53. The van der Waals surface area contributed by atoms with E-state index in [-0.39, 0.29) is 0 Å². The van der Waals surface area contributed by atoms with E-state index in [1.807, 2.05) is 6.54 Å². The zero-order chi connectivity index (χ0) is 5.11. The Morgan fingerprint density at radius 3 is 2.86 bits per heavy atom. The van der Waals surface area contributed by atoms with Crippen molar-refractivity contribution in [3.05, 3.63) is 6.54 Å². The number of likely N-dealkylation sites (tertiary alicyclic amines) is 1. The smallest absolute Gasteiger partial charge is 0.209 e. The number of nitrogens with zero attached hydrogens (tertiary/aromatic N) is 1. The van der Waals surface area contributed by atoms with Gasteiger partial charge in [-0.3, -0.25) is 0 Å². The summed E-state index contributed by atoms with van der Waals surface area (Å²) < 4.78 is 0. The maximum absolute atomic E-state index is 9.78. The molecule has 0 aromatic rings. The summed E-state index contributed by atoms with van der Waals surface area (Å²) in [7, 11) is 0. The highest BCUT2D eigenvalue weighted by Gasteiger charge is 2.22. The molecule has 0 spiro atoms. The van der Waals surface area contributed by atoms with Gasteiger partial charge < -0.3 is 0 Å². The predicted octanol–water partition coefficient (Wildman–Crippen LogP) is 0.149. The van der Waals surface area contributed by atoms with E-state index in [4.69, 9.17) is 0 Å². The average molecular weight is 97.1 g/mol. The van der Waals surface area contributed by atoms with Gasteiger partial charge >= 0.3 is 6.41 Å². The zero-order valence-corrected chi connectivity index (χ0v) is 4.05. The van der Waals surface area contributed by atoms with Crippen molar-refractivity contribution in [3.8, 4) is 0 Å². The third-order valence-corrected chi connectivity index (χ3v) is 1.07. The van der Waals surface area contributed by atoms with Crippen molar-refractivity contribution in [2.24, 2.45) is 0 Å². The fourth-order valence-corrected chi connectivity index (χ4v) is 0.683. The van der Waals surface area contributed by atoms with E-state index in [2.05, 4.69) is 0 Å². The van der Waals surface area contributed by atoms with E-state index in [0.717, 1.165) is 19.4 Å². The van der Waals surface area contributed by atoms with E-state index < -0.39 is 0 Å².